The zero-order valence-corrected chi connectivity index (χ0v) is 76.8. The van der Waals surface area contributed by atoms with E-state index in [9.17, 15) is 25.3 Å². The Labute approximate surface area is 713 Å². The summed E-state index contributed by atoms with van der Waals surface area (Å²) in [5.41, 5.74) is 0.294. The van der Waals surface area contributed by atoms with Gasteiger partial charge in [0.25, 0.3) is 0 Å². The smallest absolute Gasteiger partial charge is 0.323 e. The molecule has 0 unspecified atom stereocenters. The number of ether oxygens (including phenoxy) is 6. The van der Waals surface area contributed by atoms with Gasteiger partial charge in [0.15, 0.2) is 11.5 Å². The number of hydrogen-bond donors (Lipinski definition) is 6. The number of nitrogens with one attached hydrogen (secondary N) is 6. The van der Waals surface area contributed by atoms with Crippen molar-refractivity contribution in [3.8, 4) is 34.5 Å². The first-order chi connectivity index (χ1) is 57.1. The number of anilines is 6. The maximum absolute atomic E-state index is 14.5. The van der Waals surface area contributed by atoms with Crippen LogP contribution in [-0.2, 0) is 30.6 Å². The van der Waals surface area contributed by atoms with Gasteiger partial charge in [-0.1, -0.05) is 388 Å². The highest BCUT2D eigenvalue weighted by molar-refractivity contribution is 7.94. The van der Waals surface area contributed by atoms with Crippen LogP contribution in [0.3, 0.4) is 0 Å². The molecule has 0 fully saturated rings. The molecular formula is C93H165N9O12S3. The molecule has 0 amide bonds. The van der Waals surface area contributed by atoms with Crippen LogP contribution in [0.2, 0.25) is 0 Å². The summed E-state index contributed by atoms with van der Waals surface area (Å²) in [4.78, 5) is 12.7. The van der Waals surface area contributed by atoms with Gasteiger partial charge in [-0.25, -0.2) is 14.2 Å². The quantitative estimate of drug-likeness (QED) is 0.0224. The molecule has 0 aliphatic heterocycles. The van der Waals surface area contributed by atoms with Gasteiger partial charge in [-0.05, 0) is 50.7 Å². The van der Waals surface area contributed by atoms with Crippen molar-refractivity contribution in [3.05, 3.63) is 54.6 Å². The largest absolute Gasteiger partial charge is 0.493 e. The van der Waals surface area contributed by atoms with E-state index in [0.717, 1.165) is 116 Å². The molecule has 4 aromatic rings. The fraction of sp³-hybridized carbons (Fsp3) is 0.774. The van der Waals surface area contributed by atoms with Gasteiger partial charge in [0.05, 0.1) is 56.7 Å². The van der Waals surface area contributed by atoms with Gasteiger partial charge in [0.2, 0.25) is 17.8 Å². The molecule has 1 aromatic heterocycles. The first kappa shape index (κ1) is 103. The molecule has 1 heterocycles. The Morgan fingerprint density at radius 3 is 0.615 bits per heavy atom. The summed E-state index contributed by atoms with van der Waals surface area (Å²) < 4.78 is 139. The van der Waals surface area contributed by atoms with Crippen molar-refractivity contribution in [1.82, 2.24) is 15.0 Å². The third kappa shape index (κ3) is 56.4. The first-order valence-electron chi connectivity index (χ1n) is 47.5. The van der Waals surface area contributed by atoms with Crippen LogP contribution in [0.1, 0.15) is 427 Å². The Bertz CT molecular complexity index is 3190. The van der Waals surface area contributed by atoms with Crippen molar-refractivity contribution in [2.24, 2.45) is 0 Å². The molecule has 0 saturated heterocycles. The maximum Gasteiger partial charge on any atom is 0.323 e. The number of aromatic nitrogens is 3. The topological polar surface area (TPSA) is 269 Å². The van der Waals surface area contributed by atoms with Crippen molar-refractivity contribution >= 4 is 65.5 Å². The Morgan fingerprint density at radius 2 is 0.393 bits per heavy atom. The highest BCUT2D eigenvalue weighted by Crippen LogP contribution is 2.34. The lowest BCUT2D eigenvalue weighted by molar-refractivity contribution is 0.258. The molecule has 3 aromatic carbocycles. The fourth-order valence-corrected chi connectivity index (χ4v) is 16.9. The Hall–Kier alpha value is -5.88. The molecule has 6 N–H and O–H groups in total. The summed E-state index contributed by atoms with van der Waals surface area (Å²) in [7, 11) is -14.2. The number of nitrogens with zero attached hydrogens (tertiary/aromatic N) is 3. The van der Waals surface area contributed by atoms with Crippen LogP contribution in [0, 0.1) is 0 Å². The minimum atomic E-state index is -4.73. The second-order valence-electron chi connectivity index (χ2n) is 32.7. The van der Waals surface area contributed by atoms with Crippen LogP contribution in [0.25, 0.3) is 0 Å². The highest BCUT2D eigenvalue weighted by atomic mass is 32.2. The Kier molecular flexibility index (Phi) is 60.8. The molecule has 0 bridgehead atoms. The molecule has 24 heteroatoms. The van der Waals surface area contributed by atoms with Crippen LogP contribution in [0.4, 0.5) is 34.9 Å². The fourth-order valence-electron chi connectivity index (χ4n) is 14.5. The molecule has 0 radical (unpaired) electrons. The summed E-state index contributed by atoms with van der Waals surface area (Å²) in [5, 5.41) is 0. The van der Waals surface area contributed by atoms with Crippen LogP contribution in [-0.4, -0.2) is 79.8 Å². The van der Waals surface area contributed by atoms with E-state index in [1.54, 1.807) is 54.6 Å². The monoisotopic (exact) mass is 1700 g/mol. The average Bonchev–Trinajstić information content (AvgIpc) is 0.813. The third-order valence-electron chi connectivity index (χ3n) is 21.4. The maximum atomic E-state index is 14.5. The van der Waals surface area contributed by atoms with Crippen molar-refractivity contribution in [3.63, 3.8) is 0 Å². The van der Waals surface area contributed by atoms with Crippen molar-refractivity contribution in [2.75, 3.05) is 68.0 Å². The minimum absolute atomic E-state index is 0.0917. The third-order valence-corrected chi connectivity index (χ3v) is 24.2. The molecule has 0 atom stereocenters. The van der Waals surface area contributed by atoms with E-state index in [2.05, 4.69) is 84.8 Å². The predicted molar refractivity (Wildman–Crippen MR) is 492 cm³/mol. The average molecular weight is 1700 g/mol. The number of unbranched alkanes of at least 4 members (excludes halogenated alkanes) is 54. The van der Waals surface area contributed by atoms with E-state index in [0.29, 0.717) is 74.1 Å². The van der Waals surface area contributed by atoms with Gasteiger partial charge in [-0.2, -0.15) is 40.2 Å². The van der Waals surface area contributed by atoms with Gasteiger partial charge in [0, 0.05) is 42.5 Å². The van der Waals surface area contributed by atoms with Gasteiger partial charge >= 0.3 is 30.6 Å². The van der Waals surface area contributed by atoms with E-state index in [1.165, 1.54) is 270 Å². The lowest BCUT2D eigenvalue weighted by Gasteiger charge is -2.17. The Balaban J connectivity index is 1.66. The van der Waals surface area contributed by atoms with Gasteiger partial charge in [-0.3, -0.25) is 14.2 Å². The van der Waals surface area contributed by atoms with E-state index >= 15 is 0 Å². The van der Waals surface area contributed by atoms with E-state index < -0.39 is 48.5 Å². The SMILES string of the molecule is CCCCCCCCCCCCOc1cc(NS(=O)(=O)Nc2nc(NS(=O)(=O)Nc3cc(OCCCCCCCCCCCC)cc(OCCCCCCCCCCCC)c3)nc(NS(=O)(=O)Nc3ccc(OCCCCCCCCCCCC)c(OCCCCCCCCCCCC)c3)n2)cc(OCCCCCCCCCCCC)c1. The van der Waals surface area contributed by atoms with Gasteiger partial charge in [-0.15, -0.1) is 0 Å². The van der Waals surface area contributed by atoms with Crippen LogP contribution in [0.15, 0.2) is 54.6 Å². The lowest BCUT2D eigenvalue weighted by Crippen LogP contribution is -2.27. The number of rotatable bonds is 84. The van der Waals surface area contributed by atoms with Crippen LogP contribution >= 0.6 is 0 Å². The molecule has 0 aliphatic carbocycles. The summed E-state index contributed by atoms with van der Waals surface area (Å²) in [6.07, 6.45) is 70.0. The van der Waals surface area contributed by atoms with Crippen molar-refractivity contribution < 1.29 is 53.7 Å². The van der Waals surface area contributed by atoms with Crippen LogP contribution < -0.4 is 56.8 Å². The summed E-state index contributed by atoms with van der Waals surface area (Å²) in [6, 6.07) is 14.6. The van der Waals surface area contributed by atoms with Crippen LogP contribution in [0.5, 0.6) is 34.5 Å². The second kappa shape index (κ2) is 68.7. The molecule has 4 rings (SSSR count). The zero-order chi connectivity index (χ0) is 84.1. The van der Waals surface area contributed by atoms with Gasteiger partial charge in [0.1, 0.15) is 23.0 Å². The predicted octanol–water partition coefficient (Wildman–Crippen LogP) is 28.0. The number of benzene rings is 3. The molecule has 0 spiro atoms. The molecule has 117 heavy (non-hydrogen) atoms. The number of hydrogen-bond acceptors (Lipinski definition) is 15. The van der Waals surface area contributed by atoms with Gasteiger partial charge < -0.3 is 28.4 Å². The minimum Gasteiger partial charge on any atom is -0.493 e. The molecular weight excluding hydrogens is 1530 g/mol. The van der Waals surface area contributed by atoms with Crippen molar-refractivity contribution in [1.29, 1.82) is 0 Å². The summed E-state index contributed by atoms with van der Waals surface area (Å²) >= 11 is 0. The van der Waals surface area contributed by atoms with E-state index in [-0.39, 0.29) is 17.1 Å². The van der Waals surface area contributed by atoms with Crippen molar-refractivity contribution in [2.45, 2.75) is 427 Å². The standard InChI is InChI=1S/C93H165N9O12S3/c1-7-13-19-25-31-37-43-49-55-61-69-109-85-75-83(76-86(80-85)110-70-62-56-50-44-38-32-26-20-14-8-2)98-116(105,106)101-92-94-91(100-115(103,104)97-82-67-68-89(113-73-65-59-53-47-41-35-29-23-17-11-5)90(79-82)114-74-66-60-54-48-42-36-30-24-18-12-6)95-93(96-92)102-117(107,108)99-84-77-87(111-71-63-57-51-45-39-33-27-21-15-9-3)81-88(78-84)112-72-64-58-52-46-40-34-28-22-16-10-4/h67-68,75-81,97-99H,7-66,69-74H2,1-6H3,(H3,94,95,96,100,101,102). The van der Waals surface area contributed by atoms with E-state index in [4.69, 9.17) is 28.4 Å². The zero-order valence-electron chi connectivity index (χ0n) is 74.3. The summed E-state index contributed by atoms with van der Waals surface area (Å²) in [6.45, 7) is 15.9. The second-order valence-corrected chi connectivity index (χ2v) is 36.9. The normalized spacial score (nSPS) is 11.7. The first-order valence-corrected chi connectivity index (χ1v) is 51.9. The Morgan fingerprint density at radius 1 is 0.205 bits per heavy atom. The molecule has 0 saturated carbocycles. The summed E-state index contributed by atoms with van der Waals surface area (Å²) in [5.74, 6) is 0.224. The van der Waals surface area contributed by atoms with E-state index in [1.807, 2.05) is 0 Å². The highest BCUT2D eigenvalue weighted by Gasteiger charge is 2.23. The molecule has 21 nitrogen and oxygen atoms in total. The molecule has 0 aliphatic rings. The lowest BCUT2D eigenvalue weighted by atomic mass is 10.1. The molecule has 672 valence electrons.